The van der Waals surface area contributed by atoms with E-state index in [2.05, 4.69) is 31.2 Å². The predicted molar refractivity (Wildman–Crippen MR) is 79.5 cm³/mol. The molecule has 0 saturated carbocycles. The van der Waals surface area contributed by atoms with Gasteiger partial charge in [-0.1, -0.05) is 23.5 Å². The van der Waals surface area contributed by atoms with Gasteiger partial charge in [-0.15, -0.1) is 0 Å². The highest BCUT2D eigenvalue weighted by molar-refractivity contribution is 9.10. The number of fused-ring (bicyclic) bond motifs is 1. The summed E-state index contributed by atoms with van der Waals surface area (Å²) in [5, 5.41) is 3.37. The molecule has 1 N–H and O–H groups in total. The number of rotatable bonds is 2. The molecule has 94 valence electrons. The minimum absolute atomic E-state index is 0.223. The zero-order chi connectivity index (χ0) is 13.2. The maximum absolute atomic E-state index is 12.1. The Hall–Kier alpha value is -1.79. The van der Waals surface area contributed by atoms with Gasteiger partial charge >= 0.3 is 0 Å². The van der Waals surface area contributed by atoms with Crippen LogP contribution in [0.15, 0.2) is 47.2 Å². The Morgan fingerprint density at radius 3 is 2.84 bits per heavy atom. The van der Waals surface area contributed by atoms with Gasteiger partial charge in [0.25, 0.3) is 5.91 Å². The van der Waals surface area contributed by atoms with Gasteiger partial charge in [0.1, 0.15) is 4.60 Å². The summed E-state index contributed by atoms with van der Waals surface area (Å²) in [6.45, 7) is 0. The van der Waals surface area contributed by atoms with Crippen LogP contribution in [-0.2, 0) is 0 Å². The average Bonchev–Trinajstić information content (AvgIpc) is 2.81. The summed E-state index contributed by atoms with van der Waals surface area (Å²) >= 11 is 4.70. The number of hydrogen-bond acceptors (Lipinski definition) is 4. The average molecular weight is 334 g/mol. The van der Waals surface area contributed by atoms with Crippen molar-refractivity contribution in [2.24, 2.45) is 0 Å². The lowest BCUT2D eigenvalue weighted by Crippen LogP contribution is -2.12. The largest absolute Gasteiger partial charge is 0.298 e. The first kappa shape index (κ1) is 12.3. The van der Waals surface area contributed by atoms with Gasteiger partial charge in [0.05, 0.1) is 15.8 Å². The molecule has 0 atom stereocenters. The molecule has 0 unspecified atom stereocenters. The fraction of sp³-hybridized carbons (Fsp3) is 0. The number of thiazole rings is 1. The number of halogens is 1. The molecule has 2 heterocycles. The molecule has 0 radical (unpaired) electrons. The summed E-state index contributed by atoms with van der Waals surface area (Å²) in [6, 6.07) is 11.2. The third kappa shape index (κ3) is 2.50. The number of nitrogens with zero attached hydrogens (tertiary/aromatic N) is 2. The molecule has 1 aromatic carbocycles. The van der Waals surface area contributed by atoms with Crippen molar-refractivity contribution < 1.29 is 4.79 Å². The van der Waals surface area contributed by atoms with Crippen LogP contribution < -0.4 is 5.32 Å². The van der Waals surface area contributed by atoms with Crippen LogP contribution in [0.3, 0.4) is 0 Å². The molecular formula is C13H8BrN3OS. The molecule has 2 aromatic heterocycles. The quantitative estimate of drug-likeness (QED) is 0.727. The van der Waals surface area contributed by atoms with E-state index in [1.807, 2.05) is 24.3 Å². The van der Waals surface area contributed by atoms with Crippen LogP contribution in [0.25, 0.3) is 10.2 Å². The predicted octanol–water partition coefficient (Wildman–Crippen LogP) is 3.71. The first-order valence-electron chi connectivity index (χ1n) is 5.51. The molecule has 19 heavy (non-hydrogen) atoms. The molecule has 6 heteroatoms. The van der Waals surface area contributed by atoms with Crippen LogP contribution in [0.5, 0.6) is 0 Å². The molecule has 1 amide bonds. The highest BCUT2D eigenvalue weighted by Gasteiger charge is 2.12. The number of carbonyl (C=O) groups excluding carboxylic acids is 1. The van der Waals surface area contributed by atoms with E-state index in [1.165, 1.54) is 11.3 Å². The van der Waals surface area contributed by atoms with Crippen molar-refractivity contribution in [2.45, 2.75) is 0 Å². The molecule has 0 bridgehead atoms. The second-order valence-electron chi connectivity index (χ2n) is 3.78. The SMILES string of the molecule is O=C(Nc1nc2ccccc2s1)c1cccnc1Br. The van der Waals surface area contributed by atoms with Crippen LogP contribution in [0.4, 0.5) is 5.13 Å². The number of benzene rings is 1. The van der Waals surface area contributed by atoms with Crippen molar-refractivity contribution in [3.63, 3.8) is 0 Å². The van der Waals surface area contributed by atoms with Gasteiger partial charge in [0.15, 0.2) is 5.13 Å². The summed E-state index contributed by atoms with van der Waals surface area (Å²) in [7, 11) is 0. The van der Waals surface area contributed by atoms with Gasteiger partial charge in [0, 0.05) is 6.20 Å². The van der Waals surface area contributed by atoms with Gasteiger partial charge in [-0.25, -0.2) is 9.97 Å². The number of amides is 1. The van der Waals surface area contributed by atoms with E-state index in [9.17, 15) is 4.79 Å². The number of para-hydroxylation sites is 1. The van der Waals surface area contributed by atoms with E-state index >= 15 is 0 Å². The van der Waals surface area contributed by atoms with Crippen LogP contribution in [-0.4, -0.2) is 15.9 Å². The Labute approximate surface area is 121 Å². The van der Waals surface area contributed by atoms with E-state index in [0.29, 0.717) is 15.3 Å². The smallest absolute Gasteiger partial charge is 0.260 e. The van der Waals surface area contributed by atoms with E-state index in [1.54, 1.807) is 18.3 Å². The van der Waals surface area contributed by atoms with Crippen molar-refractivity contribution in [3.8, 4) is 0 Å². The maximum Gasteiger partial charge on any atom is 0.260 e. The molecule has 0 saturated heterocycles. The van der Waals surface area contributed by atoms with Crippen molar-refractivity contribution in [2.75, 3.05) is 5.32 Å². The minimum atomic E-state index is -0.223. The number of anilines is 1. The van der Waals surface area contributed by atoms with Crippen molar-refractivity contribution in [3.05, 3.63) is 52.8 Å². The summed E-state index contributed by atoms with van der Waals surface area (Å²) in [5.41, 5.74) is 1.37. The summed E-state index contributed by atoms with van der Waals surface area (Å²) in [6.07, 6.45) is 1.62. The molecule has 3 rings (SSSR count). The lowest BCUT2D eigenvalue weighted by atomic mass is 10.3. The summed E-state index contributed by atoms with van der Waals surface area (Å²) in [5.74, 6) is -0.223. The Kier molecular flexibility index (Phi) is 3.27. The third-order valence-corrected chi connectivity index (χ3v) is 4.10. The van der Waals surface area contributed by atoms with Crippen LogP contribution in [0.2, 0.25) is 0 Å². The van der Waals surface area contributed by atoms with Crippen molar-refractivity contribution in [1.82, 2.24) is 9.97 Å². The van der Waals surface area contributed by atoms with Crippen LogP contribution in [0.1, 0.15) is 10.4 Å². The van der Waals surface area contributed by atoms with Crippen LogP contribution in [0, 0.1) is 0 Å². The van der Waals surface area contributed by atoms with E-state index in [-0.39, 0.29) is 5.91 Å². The fourth-order valence-electron chi connectivity index (χ4n) is 1.65. The number of carbonyl (C=O) groups is 1. The Balaban J connectivity index is 1.89. The maximum atomic E-state index is 12.1. The highest BCUT2D eigenvalue weighted by Crippen LogP contribution is 2.26. The second-order valence-corrected chi connectivity index (χ2v) is 5.56. The molecule has 0 aliphatic carbocycles. The summed E-state index contributed by atoms with van der Waals surface area (Å²) in [4.78, 5) is 20.5. The number of hydrogen-bond donors (Lipinski definition) is 1. The van der Waals surface area contributed by atoms with Gasteiger partial charge < -0.3 is 0 Å². The highest BCUT2D eigenvalue weighted by atomic mass is 79.9. The topological polar surface area (TPSA) is 54.9 Å². The number of aromatic nitrogens is 2. The molecular weight excluding hydrogens is 326 g/mol. The standard InChI is InChI=1S/C13H8BrN3OS/c14-11-8(4-3-7-15-11)12(18)17-13-16-9-5-1-2-6-10(9)19-13/h1-7H,(H,16,17,18). The van der Waals surface area contributed by atoms with Gasteiger partial charge in [-0.2, -0.15) is 0 Å². The zero-order valence-electron chi connectivity index (χ0n) is 9.63. The number of nitrogens with one attached hydrogen (secondary N) is 1. The van der Waals surface area contributed by atoms with E-state index < -0.39 is 0 Å². The van der Waals surface area contributed by atoms with Crippen molar-refractivity contribution in [1.29, 1.82) is 0 Å². The molecule has 0 spiro atoms. The first-order chi connectivity index (χ1) is 9.24. The lowest BCUT2D eigenvalue weighted by molar-refractivity contribution is 0.102. The van der Waals surface area contributed by atoms with Crippen LogP contribution >= 0.6 is 27.3 Å². The Morgan fingerprint density at radius 1 is 1.21 bits per heavy atom. The molecule has 0 fully saturated rings. The molecule has 4 nitrogen and oxygen atoms in total. The second kappa shape index (κ2) is 5.07. The van der Waals surface area contributed by atoms with Gasteiger partial charge in [-0.05, 0) is 40.2 Å². The van der Waals surface area contributed by atoms with E-state index in [0.717, 1.165) is 10.2 Å². The normalized spacial score (nSPS) is 10.6. The summed E-state index contributed by atoms with van der Waals surface area (Å²) < 4.78 is 1.57. The Morgan fingerprint density at radius 2 is 2.05 bits per heavy atom. The fourth-order valence-corrected chi connectivity index (χ4v) is 2.94. The van der Waals surface area contributed by atoms with E-state index in [4.69, 9.17) is 0 Å². The Bertz CT molecular complexity index is 723. The first-order valence-corrected chi connectivity index (χ1v) is 7.12. The molecule has 0 aliphatic rings. The third-order valence-electron chi connectivity index (χ3n) is 2.52. The van der Waals surface area contributed by atoms with Gasteiger partial charge in [-0.3, -0.25) is 10.1 Å². The number of pyridine rings is 1. The monoisotopic (exact) mass is 333 g/mol. The van der Waals surface area contributed by atoms with Gasteiger partial charge in [0.2, 0.25) is 0 Å². The molecule has 3 aromatic rings. The zero-order valence-corrected chi connectivity index (χ0v) is 12.0. The minimum Gasteiger partial charge on any atom is -0.298 e. The molecule has 0 aliphatic heterocycles. The lowest BCUT2D eigenvalue weighted by Gasteiger charge is -2.02. The van der Waals surface area contributed by atoms with Crippen molar-refractivity contribution >= 4 is 48.5 Å².